The first kappa shape index (κ1) is 19.8. The normalized spacial score (nSPS) is 18.4. The summed E-state index contributed by atoms with van der Waals surface area (Å²) in [6.07, 6.45) is 1.80. The number of fused-ring (bicyclic) bond motifs is 2. The maximum absolute atomic E-state index is 13.2. The van der Waals surface area contributed by atoms with Gasteiger partial charge in [0.1, 0.15) is 5.39 Å². The van der Waals surface area contributed by atoms with Crippen molar-refractivity contribution in [1.82, 2.24) is 29.1 Å². The average molecular weight is 439 g/mol. The number of para-hydroxylation sites is 1. The second-order valence-corrected chi connectivity index (χ2v) is 8.74. The molecule has 5 rings (SSSR count). The van der Waals surface area contributed by atoms with Crippen LogP contribution in [-0.2, 0) is 9.59 Å². The molecule has 10 heteroatoms. The summed E-state index contributed by atoms with van der Waals surface area (Å²) in [5, 5.41) is 5.44. The molecule has 1 fully saturated rings. The van der Waals surface area contributed by atoms with E-state index in [4.69, 9.17) is 4.98 Å². The van der Waals surface area contributed by atoms with E-state index in [-0.39, 0.29) is 29.8 Å². The molecule has 2 amide bonds. The lowest BCUT2D eigenvalue weighted by atomic mass is 10.2. The molecular formula is C21H22N6O3S. The first-order valence-electron chi connectivity index (χ1n) is 10.2. The van der Waals surface area contributed by atoms with Gasteiger partial charge in [0.2, 0.25) is 11.8 Å². The fraction of sp³-hybridized carbons (Fsp3) is 0.381. The van der Waals surface area contributed by atoms with E-state index in [9.17, 15) is 14.4 Å². The van der Waals surface area contributed by atoms with Crippen LogP contribution in [-0.4, -0.2) is 72.9 Å². The van der Waals surface area contributed by atoms with E-state index < -0.39 is 0 Å². The summed E-state index contributed by atoms with van der Waals surface area (Å²) in [7, 11) is 0. The molecule has 9 nitrogen and oxygen atoms in total. The van der Waals surface area contributed by atoms with Crippen molar-refractivity contribution >= 4 is 34.6 Å². The predicted molar refractivity (Wildman–Crippen MR) is 116 cm³/mol. The molecule has 2 aliphatic heterocycles. The van der Waals surface area contributed by atoms with Crippen LogP contribution < -0.4 is 5.56 Å². The Hall–Kier alpha value is -3.14. The molecule has 0 radical (unpaired) electrons. The van der Waals surface area contributed by atoms with Crippen molar-refractivity contribution in [2.45, 2.75) is 24.5 Å². The van der Waals surface area contributed by atoms with Crippen LogP contribution in [0.1, 0.15) is 19.4 Å². The minimum Gasteiger partial charge on any atom is -0.339 e. The van der Waals surface area contributed by atoms with Gasteiger partial charge < -0.3 is 9.80 Å². The molecular weight excluding hydrogens is 416 g/mol. The molecule has 0 saturated carbocycles. The second-order valence-electron chi connectivity index (χ2n) is 7.75. The molecule has 4 heterocycles. The van der Waals surface area contributed by atoms with Crippen LogP contribution in [0, 0.1) is 0 Å². The Kier molecular flexibility index (Phi) is 5.01. The Morgan fingerprint density at radius 1 is 1.10 bits per heavy atom. The zero-order chi connectivity index (χ0) is 21.5. The van der Waals surface area contributed by atoms with Gasteiger partial charge in [0, 0.05) is 45.3 Å². The van der Waals surface area contributed by atoms with Crippen LogP contribution in [0.3, 0.4) is 0 Å². The second kappa shape index (κ2) is 7.84. The van der Waals surface area contributed by atoms with E-state index in [0.29, 0.717) is 48.1 Å². The minimum atomic E-state index is -0.234. The van der Waals surface area contributed by atoms with Crippen molar-refractivity contribution in [3.05, 3.63) is 46.9 Å². The Morgan fingerprint density at radius 3 is 2.52 bits per heavy atom. The maximum Gasteiger partial charge on any atom is 0.265 e. The van der Waals surface area contributed by atoms with Gasteiger partial charge >= 0.3 is 0 Å². The quantitative estimate of drug-likeness (QED) is 0.573. The highest BCUT2D eigenvalue weighted by molar-refractivity contribution is 7.99. The van der Waals surface area contributed by atoms with Gasteiger partial charge in [0.25, 0.3) is 5.56 Å². The van der Waals surface area contributed by atoms with Crippen LogP contribution >= 0.6 is 11.8 Å². The number of rotatable bonds is 3. The predicted octanol–water partition coefficient (Wildman–Crippen LogP) is 1.31. The average Bonchev–Trinajstić information content (AvgIpc) is 3.39. The van der Waals surface area contributed by atoms with Crippen molar-refractivity contribution < 1.29 is 9.59 Å². The molecule has 1 atom stereocenters. The molecule has 2 aromatic heterocycles. The lowest BCUT2D eigenvalue weighted by Gasteiger charge is -2.34. The van der Waals surface area contributed by atoms with Crippen molar-refractivity contribution in [2.75, 3.05) is 31.9 Å². The first-order chi connectivity index (χ1) is 15.0. The molecule has 31 heavy (non-hydrogen) atoms. The SMILES string of the molecule is CC(=O)N1CCN(C(=O)CC2CSc3nc4c(cnn4-c4ccccc4)c(=O)n32)CC1. The van der Waals surface area contributed by atoms with Crippen LogP contribution in [0.15, 0.2) is 46.5 Å². The maximum atomic E-state index is 13.2. The summed E-state index contributed by atoms with van der Waals surface area (Å²) >= 11 is 1.49. The van der Waals surface area contributed by atoms with E-state index in [2.05, 4.69) is 5.10 Å². The number of amides is 2. The number of benzene rings is 1. The number of carbonyl (C=O) groups excluding carboxylic acids is 2. The van der Waals surface area contributed by atoms with Crippen LogP contribution in [0.25, 0.3) is 16.7 Å². The molecule has 0 spiro atoms. The standard InChI is InChI=1S/C21H22N6O3S/c1-14(28)24-7-9-25(10-8-24)18(29)11-16-13-31-21-23-19-17(20(30)26(16)21)12-22-27(19)15-5-3-2-4-6-15/h2-6,12,16H,7-11,13H2,1H3. The van der Waals surface area contributed by atoms with Gasteiger partial charge in [-0.25, -0.2) is 9.67 Å². The number of hydrogen-bond acceptors (Lipinski definition) is 6. The number of aromatic nitrogens is 4. The highest BCUT2D eigenvalue weighted by atomic mass is 32.2. The van der Waals surface area contributed by atoms with Gasteiger partial charge in [-0.2, -0.15) is 5.10 Å². The highest BCUT2D eigenvalue weighted by Gasteiger charge is 2.32. The third-order valence-electron chi connectivity index (χ3n) is 5.86. The third-order valence-corrected chi connectivity index (χ3v) is 6.96. The zero-order valence-electron chi connectivity index (χ0n) is 17.1. The molecule has 3 aromatic rings. The smallest absolute Gasteiger partial charge is 0.265 e. The summed E-state index contributed by atoms with van der Waals surface area (Å²) in [4.78, 5) is 45.8. The number of carbonyl (C=O) groups is 2. The van der Waals surface area contributed by atoms with Gasteiger partial charge in [-0.3, -0.25) is 19.0 Å². The number of nitrogens with zero attached hydrogens (tertiary/aromatic N) is 6. The molecule has 0 aliphatic carbocycles. The largest absolute Gasteiger partial charge is 0.339 e. The van der Waals surface area contributed by atoms with Crippen molar-refractivity contribution in [3.63, 3.8) is 0 Å². The summed E-state index contributed by atoms with van der Waals surface area (Å²) in [5.74, 6) is 0.673. The summed E-state index contributed by atoms with van der Waals surface area (Å²) in [6, 6.07) is 9.35. The summed E-state index contributed by atoms with van der Waals surface area (Å²) in [6.45, 7) is 3.71. The van der Waals surface area contributed by atoms with Crippen LogP contribution in [0.2, 0.25) is 0 Å². The molecule has 0 N–H and O–H groups in total. The molecule has 2 aliphatic rings. The zero-order valence-corrected chi connectivity index (χ0v) is 17.9. The molecule has 1 unspecified atom stereocenters. The summed E-state index contributed by atoms with van der Waals surface area (Å²) < 4.78 is 3.32. The van der Waals surface area contributed by atoms with E-state index in [1.807, 2.05) is 30.3 Å². The van der Waals surface area contributed by atoms with Gasteiger partial charge in [-0.15, -0.1) is 0 Å². The van der Waals surface area contributed by atoms with E-state index >= 15 is 0 Å². The van der Waals surface area contributed by atoms with Crippen LogP contribution in [0.5, 0.6) is 0 Å². The van der Waals surface area contributed by atoms with Crippen molar-refractivity contribution in [1.29, 1.82) is 0 Å². The summed E-state index contributed by atoms with van der Waals surface area (Å²) in [5.41, 5.74) is 1.21. The number of thioether (sulfide) groups is 1. The van der Waals surface area contributed by atoms with Crippen molar-refractivity contribution in [3.8, 4) is 5.69 Å². The minimum absolute atomic E-state index is 0.00799. The highest BCUT2D eigenvalue weighted by Crippen LogP contribution is 2.33. The Balaban J connectivity index is 1.39. The molecule has 0 bridgehead atoms. The van der Waals surface area contributed by atoms with E-state index in [1.165, 1.54) is 11.8 Å². The molecule has 160 valence electrons. The van der Waals surface area contributed by atoms with E-state index in [0.717, 1.165) is 5.69 Å². The lowest BCUT2D eigenvalue weighted by molar-refractivity contribution is -0.138. The van der Waals surface area contributed by atoms with Gasteiger partial charge in [-0.1, -0.05) is 30.0 Å². The number of hydrogen-bond donors (Lipinski definition) is 0. The van der Waals surface area contributed by atoms with Gasteiger partial charge in [0.15, 0.2) is 10.8 Å². The fourth-order valence-electron chi connectivity index (χ4n) is 4.14. The lowest BCUT2D eigenvalue weighted by Crippen LogP contribution is -2.50. The molecule has 1 aromatic carbocycles. The Morgan fingerprint density at radius 2 is 1.81 bits per heavy atom. The fourth-order valence-corrected chi connectivity index (χ4v) is 5.27. The molecule has 1 saturated heterocycles. The first-order valence-corrected chi connectivity index (χ1v) is 11.2. The third kappa shape index (κ3) is 3.50. The van der Waals surface area contributed by atoms with Gasteiger partial charge in [-0.05, 0) is 12.1 Å². The number of piperazine rings is 1. The monoisotopic (exact) mass is 438 g/mol. The topological polar surface area (TPSA) is 93.3 Å². The Bertz CT molecular complexity index is 1210. The van der Waals surface area contributed by atoms with Gasteiger partial charge in [0.05, 0.1) is 17.9 Å². The van der Waals surface area contributed by atoms with Crippen LogP contribution in [0.4, 0.5) is 0 Å². The van der Waals surface area contributed by atoms with E-state index in [1.54, 1.807) is 32.2 Å². The Labute approximate surface area is 182 Å². The van der Waals surface area contributed by atoms with Crippen molar-refractivity contribution in [2.24, 2.45) is 0 Å².